The number of aliphatic hydroxyl groups excluding tert-OH is 2. The van der Waals surface area contributed by atoms with Gasteiger partial charge < -0.3 is 10.2 Å². The van der Waals surface area contributed by atoms with Gasteiger partial charge in [0.1, 0.15) is 5.82 Å². The molecule has 1 aliphatic heterocycles. The molecule has 0 aromatic heterocycles. The van der Waals surface area contributed by atoms with E-state index in [0.717, 1.165) is 19.5 Å². The van der Waals surface area contributed by atoms with Crippen molar-refractivity contribution in [1.82, 2.24) is 4.90 Å². The predicted molar refractivity (Wildman–Crippen MR) is 75.5 cm³/mol. The molecule has 1 aliphatic rings. The summed E-state index contributed by atoms with van der Waals surface area (Å²) in [5, 5.41) is 17.8. The topological polar surface area (TPSA) is 43.7 Å². The Morgan fingerprint density at radius 3 is 2.85 bits per heavy atom. The van der Waals surface area contributed by atoms with Gasteiger partial charge >= 0.3 is 0 Å². The van der Waals surface area contributed by atoms with Crippen molar-refractivity contribution in [2.75, 3.05) is 26.3 Å². The van der Waals surface area contributed by atoms with Gasteiger partial charge in [0.15, 0.2) is 0 Å². The molecule has 108 valence electrons. The molecule has 0 amide bonds. The summed E-state index contributed by atoms with van der Waals surface area (Å²) in [7, 11) is 0. The third-order valence-electron chi connectivity index (χ3n) is 3.54. The highest BCUT2D eigenvalue weighted by Gasteiger charge is 2.22. The molecule has 0 radical (unpaired) electrons. The lowest BCUT2D eigenvalue weighted by Gasteiger charge is -2.16. The van der Waals surface area contributed by atoms with Crippen LogP contribution in [0.1, 0.15) is 24.0 Å². The molecule has 0 bridgehead atoms. The van der Waals surface area contributed by atoms with Crippen molar-refractivity contribution < 1.29 is 14.6 Å². The summed E-state index contributed by atoms with van der Waals surface area (Å²) in [5.41, 5.74) is 1.30. The fraction of sp³-hybridized carbons (Fsp3) is 0.500. The summed E-state index contributed by atoms with van der Waals surface area (Å²) in [5.74, 6) is 5.69. The number of hydrogen-bond donors (Lipinski definition) is 2. The smallest absolute Gasteiger partial charge is 0.128 e. The Kier molecular flexibility index (Phi) is 5.54. The molecule has 4 heteroatoms. The quantitative estimate of drug-likeness (QED) is 0.817. The van der Waals surface area contributed by atoms with Crippen LogP contribution in [0.3, 0.4) is 0 Å². The van der Waals surface area contributed by atoms with Gasteiger partial charge in [-0.2, -0.15) is 0 Å². The summed E-state index contributed by atoms with van der Waals surface area (Å²) in [6, 6.07) is 5.02. The molecule has 3 nitrogen and oxygen atoms in total. The summed E-state index contributed by atoms with van der Waals surface area (Å²) < 4.78 is 14.0. The molecule has 1 heterocycles. The molecular formula is C16H20FNO2. The molecule has 1 saturated heterocycles. The van der Waals surface area contributed by atoms with E-state index in [1.165, 1.54) is 6.07 Å². The molecular weight excluding hydrogens is 257 g/mol. The number of hydrogen-bond acceptors (Lipinski definition) is 3. The predicted octanol–water partition coefficient (Wildman–Crippen LogP) is 1.37. The van der Waals surface area contributed by atoms with Crippen molar-refractivity contribution in [3.8, 4) is 11.8 Å². The maximum atomic E-state index is 14.0. The first-order chi connectivity index (χ1) is 9.72. The Labute approximate surface area is 119 Å². The maximum absolute atomic E-state index is 14.0. The van der Waals surface area contributed by atoms with Gasteiger partial charge in [0.05, 0.1) is 6.61 Å². The molecule has 20 heavy (non-hydrogen) atoms. The molecule has 0 aliphatic carbocycles. The van der Waals surface area contributed by atoms with Crippen LogP contribution in [0, 0.1) is 23.6 Å². The normalized spacial score (nSPS) is 18.9. The van der Waals surface area contributed by atoms with E-state index in [-0.39, 0.29) is 19.0 Å². The van der Waals surface area contributed by atoms with E-state index in [1.54, 1.807) is 6.07 Å². The van der Waals surface area contributed by atoms with Crippen LogP contribution in [-0.2, 0) is 6.54 Å². The average Bonchev–Trinajstić information content (AvgIpc) is 2.90. The molecule has 1 fully saturated rings. The Hall–Kier alpha value is -1.41. The van der Waals surface area contributed by atoms with Gasteiger partial charge in [0, 0.05) is 37.2 Å². The number of rotatable bonds is 4. The Bertz CT molecular complexity index is 507. The van der Waals surface area contributed by atoms with Gasteiger partial charge in [-0.3, -0.25) is 4.90 Å². The molecule has 1 unspecified atom stereocenters. The number of nitrogens with zero attached hydrogens (tertiary/aromatic N) is 1. The van der Waals surface area contributed by atoms with Crippen molar-refractivity contribution >= 4 is 0 Å². The van der Waals surface area contributed by atoms with Crippen LogP contribution >= 0.6 is 0 Å². The Morgan fingerprint density at radius 2 is 2.20 bits per heavy atom. The van der Waals surface area contributed by atoms with E-state index in [9.17, 15) is 4.39 Å². The van der Waals surface area contributed by atoms with Crippen molar-refractivity contribution in [3.63, 3.8) is 0 Å². The number of benzene rings is 1. The third kappa shape index (κ3) is 4.04. The highest BCUT2D eigenvalue weighted by atomic mass is 19.1. The van der Waals surface area contributed by atoms with Gasteiger partial charge in [-0.15, -0.1) is 0 Å². The molecule has 2 N–H and O–H groups in total. The Morgan fingerprint density at radius 1 is 1.35 bits per heavy atom. The minimum atomic E-state index is -0.242. The maximum Gasteiger partial charge on any atom is 0.128 e. The molecule has 1 atom stereocenters. The second-order valence-electron chi connectivity index (χ2n) is 5.15. The van der Waals surface area contributed by atoms with E-state index in [0.29, 0.717) is 30.0 Å². The fourth-order valence-corrected chi connectivity index (χ4v) is 2.42. The van der Waals surface area contributed by atoms with Crippen LogP contribution in [0.2, 0.25) is 0 Å². The monoisotopic (exact) mass is 277 g/mol. The van der Waals surface area contributed by atoms with Crippen molar-refractivity contribution in [2.45, 2.75) is 19.4 Å². The first-order valence-corrected chi connectivity index (χ1v) is 6.94. The van der Waals surface area contributed by atoms with Crippen LogP contribution in [0.5, 0.6) is 0 Å². The molecule has 0 saturated carbocycles. The zero-order valence-corrected chi connectivity index (χ0v) is 11.5. The van der Waals surface area contributed by atoms with Crippen LogP contribution in [0.4, 0.5) is 4.39 Å². The zero-order valence-electron chi connectivity index (χ0n) is 11.5. The summed E-state index contributed by atoms with van der Waals surface area (Å²) in [4.78, 5) is 2.16. The van der Waals surface area contributed by atoms with Gasteiger partial charge in [0.25, 0.3) is 0 Å². The van der Waals surface area contributed by atoms with E-state index >= 15 is 0 Å². The molecule has 1 aromatic carbocycles. The number of halogens is 1. The highest BCUT2D eigenvalue weighted by Crippen LogP contribution is 2.19. The zero-order chi connectivity index (χ0) is 14.4. The van der Waals surface area contributed by atoms with Crippen molar-refractivity contribution in [2.24, 2.45) is 5.92 Å². The number of aliphatic hydroxyl groups is 2. The molecule has 1 aromatic rings. The first-order valence-electron chi connectivity index (χ1n) is 6.94. The van der Waals surface area contributed by atoms with Crippen LogP contribution in [-0.4, -0.2) is 41.4 Å². The van der Waals surface area contributed by atoms with Gasteiger partial charge in [-0.25, -0.2) is 4.39 Å². The van der Waals surface area contributed by atoms with Gasteiger partial charge in [-0.1, -0.05) is 17.9 Å². The van der Waals surface area contributed by atoms with Crippen LogP contribution < -0.4 is 0 Å². The second kappa shape index (κ2) is 7.39. The van der Waals surface area contributed by atoms with E-state index in [2.05, 4.69) is 16.7 Å². The van der Waals surface area contributed by atoms with Crippen molar-refractivity contribution in [3.05, 3.63) is 35.1 Å². The summed E-state index contributed by atoms with van der Waals surface area (Å²) >= 11 is 0. The van der Waals surface area contributed by atoms with Crippen LogP contribution in [0.15, 0.2) is 18.2 Å². The lowest BCUT2D eigenvalue weighted by atomic mass is 10.1. The van der Waals surface area contributed by atoms with Gasteiger partial charge in [0.2, 0.25) is 0 Å². The lowest BCUT2D eigenvalue weighted by molar-refractivity contribution is 0.219. The molecule has 2 rings (SSSR count). The third-order valence-corrected chi connectivity index (χ3v) is 3.54. The minimum Gasteiger partial charge on any atom is -0.396 e. The SMILES string of the molecule is OCCC#Cc1ccc(CN2CCC(CO)C2)c(F)c1. The Balaban J connectivity index is 1.98. The standard InChI is InChI=1S/C16H20FNO2/c17-16-9-13(3-1-2-8-19)4-5-15(16)11-18-7-6-14(10-18)12-20/h4-5,9,14,19-20H,2,6-8,10-12H2. The largest absolute Gasteiger partial charge is 0.396 e. The van der Waals surface area contributed by atoms with Crippen molar-refractivity contribution in [1.29, 1.82) is 0 Å². The fourth-order valence-electron chi connectivity index (χ4n) is 2.42. The van der Waals surface area contributed by atoms with E-state index in [4.69, 9.17) is 10.2 Å². The summed E-state index contributed by atoms with van der Waals surface area (Å²) in [6.07, 6.45) is 1.38. The summed E-state index contributed by atoms with van der Waals surface area (Å²) in [6.45, 7) is 2.54. The number of likely N-dealkylation sites (tertiary alicyclic amines) is 1. The minimum absolute atomic E-state index is 0.0224. The second-order valence-corrected chi connectivity index (χ2v) is 5.15. The molecule has 0 spiro atoms. The van der Waals surface area contributed by atoms with E-state index < -0.39 is 0 Å². The van der Waals surface area contributed by atoms with Gasteiger partial charge in [-0.05, 0) is 31.0 Å². The average molecular weight is 277 g/mol. The van der Waals surface area contributed by atoms with Crippen LogP contribution in [0.25, 0.3) is 0 Å². The van der Waals surface area contributed by atoms with E-state index in [1.807, 2.05) is 6.07 Å². The highest BCUT2D eigenvalue weighted by molar-refractivity contribution is 5.37. The first kappa shape index (κ1) is 15.0. The lowest BCUT2D eigenvalue weighted by Crippen LogP contribution is -2.21.